The van der Waals surface area contributed by atoms with E-state index in [9.17, 15) is 4.79 Å². The monoisotopic (exact) mass is 274 g/mol. The van der Waals surface area contributed by atoms with Gasteiger partial charge in [0.25, 0.3) is 5.91 Å². The molecule has 0 fully saturated rings. The minimum absolute atomic E-state index is 0.162. The lowest BCUT2D eigenvalue weighted by molar-refractivity contribution is 0.0951. The number of nitrogens with two attached hydrogens (primary N) is 1. The van der Waals surface area contributed by atoms with Crippen LogP contribution in [0.5, 0.6) is 0 Å². The van der Waals surface area contributed by atoms with Crippen molar-refractivity contribution < 1.29 is 4.79 Å². The number of amides is 1. The van der Waals surface area contributed by atoms with Crippen molar-refractivity contribution in [2.45, 2.75) is 13.5 Å². The van der Waals surface area contributed by atoms with Gasteiger partial charge in [0, 0.05) is 12.1 Å². The number of anilines is 1. The fourth-order valence-corrected chi connectivity index (χ4v) is 1.93. The van der Waals surface area contributed by atoms with Crippen LogP contribution in [0, 0.1) is 6.92 Å². The third-order valence-corrected chi connectivity index (χ3v) is 3.29. The Kier molecular flexibility index (Phi) is 4.07. The first kappa shape index (κ1) is 13.4. The minimum Gasteiger partial charge on any atom is -0.398 e. The molecule has 4 heteroatoms. The van der Waals surface area contributed by atoms with E-state index in [1.807, 2.05) is 31.2 Å². The molecule has 0 aliphatic carbocycles. The summed E-state index contributed by atoms with van der Waals surface area (Å²) in [6, 6.07) is 12.8. The SMILES string of the molecule is Cc1ccccc1CNC(=O)c1ccc(N)c(Cl)c1. The van der Waals surface area contributed by atoms with Crippen LogP contribution in [0.3, 0.4) is 0 Å². The third-order valence-electron chi connectivity index (χ3n) is 2.96. The molecule has 2 aromatic carbocycles. The van der Waals surface area contributed by atoms with Crippen LogP contribution >= 0.6 is 11.6 Å². The molecule has 0 bridgehead atoms. The van der Waals surface area contributed by atoms with Gasteiger partial charge in [-0.2, -0.15) is 0 Å². The van der Waals surface area contributed by atoms with Crippen LogP contribution in [-0.4, -0.2) is 5.91 Å². The minimum atomic E-state index is -0.162. The number of benzene rings is 2. The molecule has 0 spiro atoms. The summed E-state index contributed by atoms with van der Waals surface area (Å²) in [4.78, 5) is 12.0. The van der Waals surface area contributed by atoms with E-state index in [1.165, 1.54) is 0 Å². The zero-order chi connectivity index (χ0) is 13.8. The van der Waals surface area contributed by atoms with Gasteiger partial charge in [-0.3, -0.25) is 4.79 Å². The summed E-state index contributed by atoms with van der Waals surface area (Å²) in [5.41, 5.74) is 8.83. The van der Waals surface area contributed by atoms with Crippen molar-refractivity contribution in [1.82, 2.24) is 5.32 Å². The van der Waals surface area contributed by atoms with Gasteiger partial charge in [0.2, 0.25) is 0 Å². The number of halogens is 1. The van der Waals surface area contributed by atoms with E-state index in [4.69, 9.17) is 17.3 Å². The van der Waals surface area contributed by atoms with Crippen molar-refractivity contribution in [3.8, 4) is 0 Å². The molecule has 0 heterocycles. The summed E-state index contributed by atoms with van der Waals surface area (Å²) in [5.74, 6) is -0.162. The predicted molar refractivity (Wildman–Crippen MR) is 78.2 cm³/mol. The summed E-state index contributed by atoms with van der Waals surface area (Å²) in [5, 5.41) is 3.26. The van der Waals surface area contributed by atoms with Gasteiger partial charge in [0.15, 0.2) is 0 Å². The first-order valence-corrected chi connectivity index (χ1v) is 6.33. The summed E-state index contributed by atoms with van der Waals surface area (Å²) in [7, 11) is 0. The van der Waals surface area contributed by atoms with E-state index in [1.54, 1.807) is 18.2 Å². The second kappa shape index (κ2) is 5.76. The van der Waals surface area contributed by atoms with E-state index < -0.39 is 0 Å². The van der Waals surface area contributed by atoms with E-state index in [-0.39, 0.29) is 5.91 Å². The highest BCUT2D eigenvalue weighted by Gasteiger charge is 2.07. The Bertz CT molecular complexity index is 611. The van der Waals surface area contributed by atoms with Crippen molar-refractivity contribution in [2.75, 3.05) is 5.73 Å². The molecule has 0 aliphatic heterocycles. The van der Waals surface area contributed by atoms with Gasteiger partial charge in [0.1, 0.15) is 0 Å². The molecule has 98 valence electrons. The van der Waals surface area contributed by atoms with Crippen LogP contribution in [0.2, 0.25) is 5.02 Å². The molecule has 3 nitrogen and oxygen atoms in total. The second-order valence-electron chi connectivity index (χ2n) is 4.35. The molecule has 0 radical (unpaired) electrons. The Balaban J connectivity index is 2.05. The maximum Gasteiger partial charge on any atom is 0.251 e. The number of carbonyl (C=O) groups is 1. The smallest absolute Gasteiger partial charge is 0.251 e. The van der Waals surface area contributed by atoms with Gasteiger partial charge in [-0.1, -0.05) is 35.9 Å². The number of aryl methyl sites for hydroxylation is 1. The van der Waals surface area contributed by atoms with Gasteiger partial charge in [-0.05, 0) is 36.2 Å². The van der Waals surface area contributed by atoms with Gasteiger partial charge < -0.3 is 11.1 Å². The lowest BCUT2D eigenvalue weighted by Crippen LogP contribution is -2.23. The second-order valence-corrected chi connectivity index (χ2v) is 4.75. The largest absolute Gasteiger partial charge is 0.398 e. The molecule has 2 rings (SSSR count). The Labute approximate surface area is 117 Å². The van der Waals surface area contributed by atoms with Crippen LogP contribution in [-0.2, 0) is 6.54 Å². The average molecular weight is 275 g/mol. The van der Waals surface area contributed by atoms with Crippen molar-refractivity contribution >= 4 is 23.2 Å². The molecule has 0 unspecified atom stereocenters. The molecule has 0 saturated carbocycles. The molecular weight excluding hydrogens is 260 g/mol. The summed E-state index contributed by atoms with van der Waals surface area (Å²) >= 11 is 5.90. The highest BCUT2D eigenvalue weighted by Crippen LogP contribution is 2.19. The first-order valence-electron chi connectivity index (χ1n) is 5.95. The maximum atomic E-state index is 12.0. The number of carbonyl (C=O) groups excluding carboxylic acids is 1. The van der Waals surface area contributed by atoms with E-state index >= 15 is 0 Å². The standard InChI is InChI=1S/C15H15ClN2O/c1-10-4-2-3-5-12(10)9-18-15(19)11-6-7-14(17)13(16)8-11/h2-8H,9,17H2,1H3,(H,18,19). The lowest BCUT2D eigenvalue weighted by Gasteiger charge is -2.08. The Morgan fingerprint density at radius 1 is 1.26 bits per heavy atom. The Morgan fingerprint density at radius 2 is 2.00 bits per heavy atom. The number of nitrogens with one attached hydrogen (secondary N) is 1. The summed E-state index contributed by atoms with van der Waals surface area (Å²) in [6.07, 6.45) is 0. The molecular formula is C15H15ClN2O. The lowest BCUT2D eigenvalue weighted by atomic mass is 10.1. The van der Waals surface area contributed by atoms with Gasteiger partial charge >= 0.3 is 0 Å². The molecule has 19 heavy (non-hydrogen) atoms. The number of hydrogen-bond donors (Lipinski definition) is 2. The molecule has 0 atom stereocenters. The van der Waals surface area contributed by atoms with Gasteiger partial charge in [0.05, 0.1) is 10.7 Å². The molecule has 1 amide bonds. The van der Waals surface area contributed by atoms with Crippen LogP contribution in [0.15, 0.2) is 42.5 Å². The highest BCUT2D eigenvalue weighted by atomic mass is 35.5. The molecule has 2 aromatic rings. The maximum absolute atomic E-state index is 12.0. The van der Waals surface area contributed by atoms with E-state index in [0.717, 1.165) is 11.1 Å². The number of hydrogen-bond acceptors (Lipinski definition) is 2. The van der Waals surface area contributed by atoms with Crippen LogP contribution in [0.1, 0.15) is 21.5 Å². The fraction of sp³-hybridized carbons (Fsp3) is 0.133. The van der Waals surface area contributed by atoms with Crippen molar-refractivity contribution in [1.29, 1.82) is 0 Å². The molecule has 0 saturated heterocycles. The fourth-order valence-electron chi connectivity index (χ4n) is 1.75. The predicted octanol–water partition coefficient (Wildman–Crippen LogP) is 3.16. The zero-order valence-electron chi connectivity index (χ0n) is 10.6. The first-order chi connectivity index (χ1) is 9.08. The van der Waals surface area contributed by atoms with Crippen LogP contribution in [0.25, 0.3) is 0 Å². The van der Waals surface area contributed by atoms with Crippen LogP contribution in [0.4, 0.5) is 5.69 Å². The highest BCUT2D eigenvalue weighted by molar-refractivity contribution is 6.33. The normalized spacial score (nSPS) is 10.2. The summed E-state index contributed by atoms with van der Waals surface area (Å²) in [6.45, 7) is 2.51. The molecule has 0 aromatic heterocycles. The number of nitrogen functional groups attached to an aromatic ring is 1. The van der Waals surface area contributed by atoms with Crippen molar-refractivity contribution in [3.63, 3.8) is 0 Å². The molecule has 0 aliphatic rings. The van der Waals surface area contributed by atoms with E-state index in [2.05, 4.69) is 5.32 Å². The van der Waals surface area contributed by atoms with Gasteiger partial charge in [-0.15, -0.1) is 0 Å². The van der Waals surface area contributed by atoms with E-state index in [0.29, 0.717) is 22.8 Å². The average Bonchev–Trinajstić information content (AvgIpc) is 2.40. The van der Waals surface area contributed by atoms with Crippen molar-refractivity contribution in [3.05, 3.63) is 64.2 Å². The topological polar surface area (TPSA) is 55.1 Å². The quantitative estimate of drug-likeness (QED) is 0.845. The number of rotatable bonds is 3. The van der Waals surface area contributed by atoms with Gasteiger partial charge in [-0.25, -0.2) is 0 Å². The summed E-state index contributed by atoms with van der Waals surface area (Å²) < 4.78 is 0. The molecule has 3 N–H and O–H groups in total. The Hall–Kier alpha value is -2.00. The van der Waals surface area contributed by atoms with Crippen LogP contribution < -0.4 is 11.1 Å². The van der Waals surface area contributed by atoms with Crippen molar-refractivity contribution in [2.24, 2.45) is 0 Å². The third kappa shape index (κ3) is 3.26. The Morgan fingerprint density at radius 3 is 2.68 bits per heavy atom. The zero-order valence-corrected chi connectivity index (χ0v) is 11.4.